The van der Waals surface area contributed by atoms with Crippen molar-refractivity contribution in [2.75, 3.05) is 0 Å². The molecule has 0 spiro atoms. The maximum Gasteiger partial charge on any atom is 0.316 e. The van der Waals surface area contributed by atoms with Crippen molar-refractivity contribution in [1.82, 2.24) is 0 Å². The Hall–Kier alpha value is -2.31. The van der Waals surface area contributed by atoms with Crippen molar-refractivity contribution in [2.45, 2.75) is 0 Å². The Kier molecular flexibility index (Phi) is 2.85. The van der Waals surface area contributed by atoms with Gasteiger partial charge in [-0.3, -0.25) is 4.79 Å². The highest BCUT2D eigenvalue weighted by atomic mass is 16.3. The fourth-order valence-corrected chi connectivity index (χ4v) is 0.859. The zero-order chi connectivity index (χ0) is 10.6. The largest absolute Gasteiger partial charge is 0.316 e. The van der Waals surface area contributed by atoms with Gasteiger partial charge < -0.3 is 0 Å². The average molecular weight is 193 g/mol. The summed E-state index contributed by atoms with van der Waals surface area (Å²) in [6.45, 7) is 0. The predicted octanol–water partition coefficient (Wildman–Crippen LogP) is 2.39. The molecule has 70 valence electrons. The fraction of sp³-hybridized carbons (Fsp3) is 0. The maximum absolute atomic E-state index is 10.7. The number of carbonyl (C=O) groups is 1. The van der Waals surface area contributed by atoms with Crippen molar-refractivity contribution in [2.24, 2.45) is 15.5 Å². The summed E-state index contributed by atoms with van der Waals surface area (Å²) in [5.74, 6) is -1.03. The minimum Gasteiger partial charge on any atom is -0.263 e. The van der Waals surface area contributed by atoms with Gasteiger partial charge in [0.25, 0.3) is 0 Å². The molecule has 0 saturated heterocycles. The predicted molar refractivity (Wildman–Crippen MR) is 47.5 cm³/mol. The number of nitrogens with zero attached hydrogens (tertiary/aromatic N) is 3. The summed E-state index contributed by atoms with van der Waals surface area (Å²) in [6, 6.07) is 3.25. The second-order valence-corrected chi connectivity index (χ2v) is 2.28. The second-order valence-electron chi connectivity index (χ2n) is 2.28. The number of benzene rings is 1. The number of carbonyl (C=O) groups excluding carboxylic acids is 1. The zero-order valence-corrected chi connectivity index (χ0v) is 6.71. The van der Waals surface area contributed by atoms with E-state index in [4.69, 9.17) is 0 Å². The van der Waals surface area contributed by atoms with Crippen molar-refractivity contribution in [3.05, 3.63) is 38.5 Å². The summed E-state index contributed by atoms with van der Waals surface area (Å²) >= 11 is 0. The lowest BCUT2D eigenvalue weighted by molar-refractivity contribution is 0.100. The Morgan fingerprint density at radius 1 is 1.00 bits per heavy atom. The first kappa shape index (κ1) is 9.78. The number of amides is 1. The Morgan fingerprint density at radius 2 is 1.64 bits per heavy atom. The fourth-order valence-electron chi connectivity index (χ4n) is 0.859. The minimum absolute atomic E-state index is 0.109. The first-order chi connectivity index (χ1) is 6.72. The van der Waals surface area contributed by atoms with Crippen LogP contribution in [-0.4, -0.2) is 5.91 Å². The molecule has 0 fully saturated rings. The van der Waals surface area contributed by atoms with Crippen LogP contribution in [0.2, 0.25) is 0 Å². The molecule has 0 bridgehead atoms. The Balaban J connectivity index is 3.26. The average Bonchev–Trinajstić information content (AvgIpc) is 2.26. The third-order valence-corrected chi connectivity index (χ3v) is 1.50. The van der Waals surface area contributed by atoms with Crippen LogP contribution in [0.1, 0.15) is 10.4 Å². The highest BCUT2D eigenvalue weighted by Gasteiger charge is 2.10. The van der Waals surface area contributed by atoms with E-state index in [1.54, 1.807) is 0 Å². The molecule has 1 aromatic carbocycles. The van der Waals surface area contributed by atoms with Crippen molar-refractivity contribution < 1.29 is 4.79 Å². The molecular formula is C7H3N3O4. The molecule has 0 unspecified atom stereocenters. The molecule has 7 heteroatoms. The van der Waals surface area contributed by atoms with Crippen LogP contribution in [0, 0.1) is 14.7 Å². The number of hydrogen-bond acceptors (Lipinski definition) is 6. The third kappa shape index (κ3) is 1.71. The second kappa shape index (κ2) is 4.08. The molecule has 0 saturated carbocycles. The van der Waals surface area contributed by atoms with Crippen LogP contribution >= 0.6 is 0 Å². The maximum atomic E-state index is 10.7. The Morgan fingerprint density at radius 3 is 2.14 bits per heavy atom. The van der Waals surface area contributed by atoms with Gasteiger partial charge in [0, 0.05) is 10.7 Å². The Bertz CT molecular complexity index is 415. The standard InChI is InChI=1S/C7H3N3O4/c11-7(10-14)4-1-2-5(8-12)6(3-4)9-13/h1-3H. The van der Waals surface area contributed by atoms with E-state index in [0.717, 1.165) is 18.2 Å². The lowest BCUT2D eigenvalue weighted by Gasteiger charge is -1.95. The van der Waals surface area contributed by atoms with E-state index in [2.05, 4.69) is 15.5 Å². The van der Waals surface area contributed by atoms with Gasteiger partial charge in [-0.1, -0.05) is 0 Å². The topological polar surface area (TPSA) is 105 Å². The van der Waals surface area contributed by atoms with E-state index < -0.39 is 5.91 Å². The molecule has 0 aromatic heterocycles. The van der Waals surface area contributed by atoms with Gasteiger partial charge >= 0.3 is 5.91 Å². The van der Waals surface area contributed by atoms with Crippen molar-refractivity contribution in [3.8, 4) is 0 Å². The van der Waals surface area contributed by atoms with Gasteiger partial charge in [0.2, 0.25) is 0 Å². The summed E-state index contributed by atoms with van der Waals surface area (Å²) in [6.07, 6.45) is 0. The van der Waals surface area contributed by atoms with Gasteiger partial charge in [-0.05, 0) is 28.6 Å². The van der Waals surface area contributed by atoms with Crippen LogP contribution < -0.4 is 0 Å². The molecule has 0 atom stereocenters. The van der Waals surface area contributed by atoms with Gasteiger partial charge in [-0.15, -0.1) is 14.7 Å². The van der Waals surface area contributed by atoms with Crippen LogP contribution in [0.15, 0.2) is 33.7 Å². The van der Waals surface area contributed by atoms with E-state index in [0.29, 0.717) is 0 Å². The van der Waals surface area contributed by atoms with Crippen molar-refractivity contribution in [3.63, 3.8) is 0 Å². The van der Waals surface area contributed by atoms with E-state index >= 15 is 0 Å². The van der Waals surface area contributed by atoms with Crippen molar-refractivity contribution >= 4 is 17.3 Å². The third-order valence-electron chi connectivity index (χ3n) is 1.50. The highest BCUT2D eigenvalue weighted by Crippen LogP contribution is 2.28. The molecular weight excluding hydrogens is 190 g/mol. The van der Waals surface area contributed by atoms with E-state index in [1.165, 1.54) is 0 Å². The lowest BCUT2D eigenvalue weighted by atomic mass is 10.1. The number of rotatable bonds is 3. The first-order valence-electron chi connectivity index (χ1n) is 3.41. The summed E-state index contributed by atoms with van der Waals surface area (Å²) in [4.78, 5) is 40.9. The van der Waals surface area contributed by atoms with Gasteiger partial charge in [0.15, 0.2) is 0 Å². The Labute approximate surface area is 77.0 Å². The molecule has 1 rings (SSSR count). The smallest absolute Gasteiger partial charge is 0.263 e. The van der Waals surface area contributed by atoms with Gasteiger partial charge in [-0.25, -0.2) is 0 Å². The van der Waals surface area contributed by atoms with Crippen molar-refractivity contribution in [1.29, 1.82) is 0 Å². The molecule has 0 radical (unpaired) electrons. The molecule has 1 amide bonds. The first-order valence-corrected chi connectivity index (χ1v) is 3.41. The summed E-state index contributed by atoms with van der Waals surface area (Å²) < 4.78 is 0. The van der Waals surface area contributed by atoms with E-state index in [1.807, 2.05) is 0 Å². The molecule has 14 heavy (non-hydrogen) atoms. The monoisotopic (exact) mass is 193 g/mol. The molecule has 0 aliphatic rings. The SMILES string of the molecule is O=NC(=O)c1ccc(N=O)c(N=O)c1. The normalized spacial score (nSPS) is 9.14. The summed E-state index contributed by atoms with van der Waals surface area (Å²) in [7, 11) is 0. The van der Waals surface area contributed by atoms with Crippen LogP contribution in [0.3, 0.4) is 0 Å². The molecule has 7 nitrogen and oxygen atoms in total. The summed E-state index contributed by atoms with van der Waals surface area (Å²) in [5.41, 5.74) is -0.598. The van der Waals surface area contributed by atoms with Crippen LogP contribution in [0.25, 0.3) is 0 Å². The minimum atomic E-state index is -1.03. The molecule has 0 aliphatic carbocycles. The van der Waals surface area contributed by atoms with Crippen LogP contribution in [0.5, 0.6) is 0 Å². The molecule has 0 aliphatic heterocycles. The van der Waals surface area contributed by atoms with E-state index in [9.17, 15) is 19.5 Å². The molecule has 0 heterocycles. The van der Waals surface area contributed by atoms with Crippen LogP contribution in [0.4, 0.5) is 11.4 Å². The zero-order valence-electron chi connectivity index (χ0n) is 6.71. The summed E-state index contributed by atoms with van der Waals surface area (Å²) in [5, 5.41) is 7.13. The van der Waals surface area contributed by atoms with E-state index in [-0.39, 0.29) is 16.9 Å². The number of nitroso groups, excluding NO2 is 3. The molecule has 0 N–H and O–H groups in total. The number of hydrogen-bond donors (Lipinski definition) is 0. The van der Waals surface area contributed by atoms with Gasteiger partial charge in [-0.2, -0.15) is 0 Å². The van der Waals surface area contributed by atoms with Crippen LogP contribution in [-0.2, 0) is 0 Å². The molecule has 1 aromatic rings. The quantitative estimate of drug-likeness (QED) is 0.686. The highest BCUT2D eigenvalue weighted by molar-refractivity contribution is 5.96. The van der Waals surface area contributed by atoms with Gasteiger partial charge in [0.1, 0.15) is 11.4 Å². The van der Waals surface area contributed by atoms with Gasteiger partial charge in [0.05, 0.1) is 0 Å². The lowest BCUT2D eigenvalue weighted by Crippen LogP contribution is -1.91.